The number of sulfonamides is 2. The lowest BCUT2D eigenvalue weighted by molar-refractivity contribution is 0.320. The van der Waals surface area contributed by atoms with Crippen molar-refractivity contribution in [3.63, 3.8) is 0 Å². The van der Waals surface area contributed by atoms with Gasteiger partial charge in [0.05, 0.1) is 22.6 Å². The minimum Gasteiger partial charge on any atom is -0.467 e. The summed E-state index contributed by atoms with van der Waals surface area (Å²) >= 11 is 0. The van der Waals surface area contributed by atoms with Crippen LogP contribution in [0.1, 0.15) is 30.7 Å². The summed E-state index contributed by atoms with van der Waals surface area (Å²) in [6.45, 7) is 1.56. The fourth-order valence-corrected chi connectivity index (χ4v) is 5.34. The normalized spacial score (nSPS) is 16.9. The van der Waals surface area contributed by atoms with Crippen LogP contribution in [-0.2, 0) is 20.0 Å². The van der Waals surface area contributed by atoms with Crippen LogP contribution in [-0.4, -0.2) is 32.7 Å². The van der Waals surface area contributed by atoms with E-state index in [1.807, 2.05) is 0 Å². The Bertz CT molecular complexity index is 1280. The molecule has 8 nitrogen and oxygen atoms in total. The number of benzene rings is 2. The second-order valence-electron chi connectivity index (χ2n) is 6.96. The third-order valence-electron chi connectivity index (χ3n) is 4.90. The molecule has 10 heteroatoms. The highest BCUT2D eigenvalue weighted by molar-refractivity contribution is 7.92. The van der Waals surface area contributed by atoms with Crippen LogP contribution in [0.5, 0.6) is 0 Å². The lowest BCUT2D eigenvalue weighted by atomic mass is 10.0. The van der Waals surface area contributed by atoms with Crippen molar-refractivity contribution in [3.8, 4) is 0 Å². The van der Waals surface area contributed by atoms with Crippen molar-refractivity contribution in [2.24, 2.45) is 5.10 Å². The topological polar surface area (TPSA) is 109 Å². The smallest absolute Gasteiger partial charge is 0.279 e. The molecule has 162 valence electrons. The SMILES string of the molecule is CCS(=O)(=O)Nc1ccc(C2=NN(S(=O)(=O)c3ccccc3)C(c3ccco3)C2)cc1. The molecule has 31 heavy (non-hydrogen) atoms. The second-order valence-corrected chi connectivity index (χ2v) is 10.8. The molecule has 1 aliphatic rings. The summed E-state index contributed by atoms with van der Waals surface area (Å²) in [6, 6.07) is 17.6. The Hall–Kier alpha value is -3.11. The second kappa shape index (κ2) is 8.20. The minimum absolute atomic E-state index is 0.0292. The van der Waals surface area contributed by atoms with E-state index in [0.29, 0.717) is 29.1 Å². The molecule has 0 aliphatic carbocycles. The number of hydrogen-bond acceptors (Lipinski definition) is 6. The zero-order valence-corrected chi connectivity index (χ0v) is 18.3. The van der Waals surface area contributed by atoms with Crippen molar-refractivity contribution < 1.29 is 21.3 Å². The van der Waals surface area contributed by atoms with Gasteiger partial charge >= 0.3 is 0 Å². The fourth-order valence-electron chi connectivity index (χ4n) is 3.26. The van der Waals surface area contributed by atoms with Gasteiger partial charge in [-0.1, -0.05) is 30.3 Å². The monoisotopic (exact) mass is 459 g/mol. The molecule has 2 heterocycles. The molecular formula is C21H21N3O5S2. The van der Waals surface area contributed by atoms with Crippen LogP contribution in [0.2, 0.25) is 0 Å². The molecule has 0 saturated carbocycles. The Morgan fingerprint density at radius 3 is 2.32 bits per heavy atom. The zero-order valence-electron chi connectivity index (χ0n) is 16.7. The van der Waals surface area contributed by atoms with E-state index in [2.05, 4.69) is 9.82 Å². The number of hydrogen-bond donors (Lipinski definition) is 1. The molecule has 2 aromatic carbocycles. The first-order valence-corrected chi connectivity index (χ1v) is 12.7. The van der Waals surface area contributed by atoms with E-state index in [4.69, 9.17) is 4.42 Å². The largest absolute Gasteiger partial charge is 0.467 e. The number of rotatable bonds is 7. The summed E-state index contributed by atoms with van der Waals surface area (Å²) in [5.74, 6) is 0.462. The summed E-state index contributed by atoms with van der Waals surface area (Å²) in [4.78, 5) is 0.140. The van der Waals surface area contributed by atoms with Gasteiger partial charge in [0.2, 0.25) is 10.0 Å². The predicted molar refractivity (Wildman–Crippen MR) is 118 cm³/mol. The van der Waals surface area contributed by atoms with Gasteiger partial charge in [-0.2, -0.15) is 17.9 Å². The summed E-state index contributed by atoms with van der Waals surface area (Å²) in [5.41, 5.74) is 1.69. The first kappa shape index (κ1) is 21.1. The maximum atomic E-state index is 13.3. The predicted octanol–water partition coefficient (Wildman–Crippen LogP) is 3.58. The van der Waals surface area contributed by atoms with Crippen LogP contribution < -0.4 is 4.72 Å². The van der Waals surface area contributed by atoms with Crippen molar-refractivity contribution in [3.05, 3.63) is 84.3 Å². The summed E-state index contributed by atoms with van der Waals surface area (Å²) in [7, 11) is -7.28. The van der Waals surface area contributed by atoms with Crippen molar-refractivity contribution in [1.82, 2.24) is 4.41 Å². The molecular weight excluding hydrogens is 438 g/mol. The van der Waals surface area contributed by atoms with Crippen molar-refractivity contribution in [2.45, 2.75) is 24.3 Å². The van der Waals surface area contributed by atoms with Crippen LogP contribution in [0.15, 0.2) is 87.4 Å². The average molecular weight is 460 g/mol. The van der Waals surface area contributed by atoms with Gasteiger partial charge in [0.25, 0.3) is 10.0 Å². The molecule has 1 N–H and O–H groups in total. The van der Waals surface area contributed by atoms with Gasteiger partial charge in [-0.25, -0.2) is 8.42 Å². The molecule has 0 fully saturated rings. The molecule has 1 aromatic heterocycles. The summed E-state index contributed by atoms with van der Waals surface area (Å²) in [5, 5.41) is 4.43. The van der Waals surface area contributed by atoms with Gasteiger partial charge in [-0.05, 0) is 48.9 Å². The molecule has 1 atom stereocenters. The molecule has 0 radical (unpaired) electrons. The maximum Gasteiger partial charge on any atom is 0.279 e. The summed E-state index contributed by atoms with van der Waals surface area (Å²) < 4.78 is 59.1. The van der Waals surface area contributed by atoms with Crippen LogP contribution in [0, 0.1) is 0 Å². The van der Waals surface area contributed by atoms with E-state index >= 15 is 0 Å². The van der Waals surface area contributed by atoms with E-state index in [-0.39, 0.29) is 10.6 Å². The molecule has 3 aromatic rings. The molecule has 1 unspecified atom stereocenters. The van der Waals surface area contributed by atoms with Gasteiger partial charge in [0.1, 0.15) is 11.8 Å². The number of nitrogens with one attached hydrogen (secondary N) is 1. The van der Waals surface area contributed by atoms with E-state index in [1.165, 1.54) is 18.4 Å². The van der Waals surface area contributed by atoms with E-state index < -0.39 is 26.1 Å². The van der Waals surface area contributed by atoms with Crippen LogP contribution in [0.25, 0.3) is 0 Å². The highest BCUT2D eigenvalue weighted by atomic mass is 32.2. The Morgan fingerprint density at radius 2 is 1.71 bits per heavy atom. The van der Waals surface area contributed by atoms with Crippen molar-refractivity contribution >= 4 is 31.4 Å². The van der Waals surface area contributed by atoms with Crippen molar-refractivity contribution in [2.75, 3.05) is 10.5 Å². The maximum absolute atomic E-state index is 13.3. The number of nitrogens with zero attached hydrogens (tertiary/aromatic N) is 2. The molecule has 0 spiro atoms. The Kier molecular flexibility index (Phi) is 5.59. The summed E-state index contributed by atoms with van der Waals surface area (Å²) in [6.07, 6.45) is 1.81. The lowest BCUT2D eigenvalue weighted by Crippen LogP contribution is -2.27. The minimum atomic E-state index is -3.90. The number of furan rings is 1. The van der Waals surface area contributed by atoms with Crippen molar-refractivity contribution in [1.29, 1.82) is 0 Å². The van der Waals surface area contributed by atoms with E-state index in [1.54, 1.807) is 61.5 Å². The van der Waals surface area contributed by atoms with Crippen LogP contribution >= 0.6 is 0 Å². The lowest BCUT2D eigenvalue weighted by Gasteiger charge is -2.21. The first-order valence-electron chi connectivity index (χ1n) is 9.61. The fraction of sp³-hybridized carbons (Fsp3) is 0.190. The van der Waals surface area contributed by atoms with Gasteiger partial charge in [-0.3, -0.25) is 4.72 Å². The van der Waals surface area contributed by atoms with Gasteiger partial charge in [-0.15, -0.1) is 0 Å². The molecule has 1 aliphatic heterocycles. The number of anilines is 1. The Morgan fingerprint density at radius 1 is 1.00 bits per heavy atom. The van der Waals surface area contributed by atoms with Gasteiger partial charge in [0, 0.05) is 12.1 Å². The van der Waals surface area contributed by atoms with Crippen LogP contribution in [0.4, 0.5) is 5.69 Å². The molecule has 0 bridgehead atoms. The van der Waals surface area contributed by atoms with E-state index in [9.17, 15) is 16.8 Å². The Labute approximate surface area is 181 Å². The zero-order chi connectivity index (χ0) is 22.1. The quantitative estimate of drug-likeness (QED) is 0.581. The van der Waals surface area contributed by atoms with E-state index in [0.717, 1.165) is 4.41 Å². The Balaban J connectivity index is 1.68. The average Bonchev–Trinajstić information content (AvgIpc) is 3.45. The number of hydrazone groups is 1. The highest BCUT2D eigenvalue weighted by Gasteiger charge is 2.39. The third kappa shape index (κ3) is 4.35. The molecule has 0 saturated heterocycles. The molecule has 4 rings (SSSR count). The first-order chi connectivity index (χ1) is 14.8. The van der Waals surface area contributed by atoms with Crippen LogP contribution in [0.3, 0.4) is 0 Å². The molecule has 0 amide bonds. The van der Waals surface area contributed by atoms with Gasteiger partial charge < -0.3 is 4.42 Å². The van der Waals surface area contributed by atoms with Gasteiger partial charge in [0.15, 0.2) is 0 Å². The standard InChI is InChI=1S/C21H21N3O5S2/c1-2-30(25,26)23-17-12-10-16(11-13-17)19-15-20(21-9-6-14-29-21)24(22-19)31(27,28)18-7-4-3-5-8-18/h3-14,20,23H,2,15H2,1H3. The third-order valence-corrected chi connectivity index (χ3v) is 7.91. The highest BCUT2D eigenvalue weighted by Crippen LogP contribution is 2.37.